The van der Waals surface area contributed by atoms with E-state index in [4.69, 9.17) is 57.7 Å². The minimum atomic E-state index is -5.39. The van der Waals surface area contributed by atoms with Crippen LogP contribution in [0.3, 0.4) is 0 Å². The summed E-state index contributed by atoms with van der Waals surface area (Å²) in [5.41, 5.74) is 0. The van der Waals surface area contributed by atoms with Crippen molar-refractivity contribution in [2.75, 3.05) is 0 Å². The monoisotopic (exact) mass is 384 g/mol. The molecule has 0 aliphatic rings. The van der Waals surface area contributed by atoms with E-state index in [2.05, 4.69) is 0 Å². The van der Waals surface area contributed by atoms with Gasteiger partial charge in [0.05, 0.1) is 0 Å². The summed E-state index contributed by atoms with van der Waals surface area (Å²) in [6.45, 7) is 0. The molecule has 12 nitrogen and oxygen atoms in total. The molecule has 0 fully saturated rings. The number of phosphoric acid groups is 3. The third-order valence-electron chi connectivity index (χ3n) is 0. The fraction of sp³-hybridized carbons (Fsp3) is 0. The van der Waals surface area contributed by atoms with E-state index in [9.17, 15) is 0 Å². The van der Waals surface area contributed by atoms with E-state index in [1.54, 1.807) is 0 Å². The summed E-state index contributed by atoms with van der Waals surface area (Å²) in [6.07, 6.45) is 0. The Morgan fingerprint density at radius 3 is 0.471 bits per heavy atom. The molecule has 0 aromatic rings. The van der Waals surface area contributed by atoms with Gasteiger partial charge in [-0.15, -0.1) is 0 Å². The third-order valence-corrected chi connectivity index (χ3v) is 0. The molecule has 17 heteroatoms. The molecule has 0 saturated heterocycles. The normalized spacial score (nSPS) is 10.4. The zero-order valence-corrected chi connectivity index (χ0v) is 12.8. The maximum Gasteiger partial charge on any atom is 4.00 e. The molecule has 0 heterocycles. The van der Waals surface area contributed by atoms with Crippen LogP contribution in [-0.4, -0.2) is 0 Å². The Morgan fingerprint density at radius 2 is 0.471 bits per heavy atom. The molecule has 101 valence electrons. The first-order valence-electron chi connectivity index (χ1n) is 2.19. The average Bonchev–Trinajstić information content (AvgIpc) is 1.41. The summed E-state index contributed by atoms with van der Waals surface area (Å²) in [5, 5.41) is 0. The molecule has 0 saturated carbocycles. The maximum atomic E-state index is 8.55. The standard InChI is InChI=1S/3H3O4P.Ti.V/c3*1-5(2,3)4;;/h3*(H3,1,2,3,4);;/q;;;+4;/p-9. The van der Waals surface area contributed by atoms with Crippen LogP contribution in [0.15, 0.2) is 0 Å². The second-order valence-corrected chi connectivity index (χ2v) is 4.02. The first-order chi connectivity index (χ1) is 6.00. The summed E-state index contributed by atoms with van der Waals surface area (Å²) < 4.78 is 25.6. The topological polar surface area (TPSA) is 259 Å². The second-order valence-electron chi connectivity index (χ2n) is 1.34. The molecule has 0 atom stereocenters. The molecule has 1 radical (unpaired) electrons. The zero-order valence-electron chi connectivity index (χ0n) is 7.19. The van der Waals surface area contributed by atoms with Crippen molar-refractivity contribution in [3.05, 3.63) is 0 Å². The van der Waals surface area contributed by atoms with Crippen molar-refractivity contribution in [2.24, 2.45) is 0 Å². The van der Waals surface area contributed by atoms with E-state index in [1.165, 1.54) is 0 Å². The van der Waals surface area contributed by atoms with Gasteiger partial charge < -0.3 is 57.7 Å². The molecule has 0 rings (SSSR count). The quantitative estimate of drug-likeness (QED) is 0.278. The van der Waals surface area contributed by atoms with Crippen LogP contribution < -0.4 is 44.0 Å². The van der Waals surface area contributed by atoms with Crippen LogP contribution in [0, 0.1) is 0 Å². The van der Waals surface area contributed by atoms with Crippen LogP contribution in [0.5, 0.6) is 0 Å². The Bertz CT molecular complexity index is 208. The van der Waals surface area contributed by atoms with Gasteiger partial charge in [-0.05, 0) is 0 Å². The molecule has 0 unspecified atom stereocenters. The Morgan fingerprint density at radius 1 is 0.471 bits per heavy atom. The molecule has 0 amide bonds. The van der Waals surface area contributed by atoms with Gasteiger partial charge in [0.2, 0.25) is 0 Å². The van der Waals surface area contributed by atoms with Gasteiger partial charge in [-0.2, -0.15) is 23.5 Å². The van der Waals surface area contributed by atoms with Gasteiger partial charge in [0.15, 0.2) is 0 Å². The van der Waals surface area contributed by atoms with E-state index in [-0.39, 0.29) is 40.3 Å². The fourth-order valence-corrected chi connectivity index (χ4v) is 0. The van der Waals surface area contributed by atoms with Crippen LogP contribution in [-0.2, 0) is 54.0 Å². The molecular weight excluding hydrogens is 384 g/mol. The maximum absolute atomic E-state index is 8.55. The number of hydrogen-bond acceptors (Lipinski definition) is 12. The number of hydrogen-bond donors (Lipinski definition) is 0. The smallest absolute Gasteiger partial charge is 0.822 e. The first-order valence-corrected chi connectivity index (χ1v) is 6.57. The molecule has 0 aromatic carbocycles. The van der Waals surface area contributed by atoms with Gasteiger partial charge in [0.25, 0.3) is 0 Å². The molecule has 0 N–H and O–H groups in total. The molecule has 0 bridgehead atoms. The Kier molecular flexibility index (Phi) is 23.2. The van der Waals surface area contributed by atoms with E-state index in [0.29, 0.717) is 0 Å². The summed E-state index contributed by atoms with van der Waals surface area (Å²) in [7, 11) is -16.2. The van der Waals surface area contributed by atoms with Crippen LogP contribution in [0.4, 0.5) is 0 Å². The fourth-order valence-electron chi connectivity index (χ4n) is 0. The van der Waals surface area contributed by atoms with Gasteiger partial charge in [-0.25, -0.2) is 0 Å². The molecule has 0 spiro atoms. The second kappa shape index (κ2) is 12.7. The SMILES string of the molecule is O=P([O-])([O-])[O-].O=P([O-])([O-])[O-].O=P([O-])([O-])[O-].[Ti+4].[V]. The summed E-state index contributed by atoms with van der Waals surface area (Å²) >= 11 is 0. The molecule has 0 aromatic heterocycles. The van der Waals surface area contributed by atoms with Gasteiger partial charge in [-0.3, -0.25) is 0 Å². The zero-order chi connectivity index (χ0) is 13.5. The van der Waals surface area contributed by atoms with Crippen LogP contribution in [0.1, 0.15) is 0 Å². The summed E-state index contributed by atoms with van der Waals surface area (Å²) in [4.78, 5) is 76.9. The van der Waals surface area contributed by atoms with Crippen molar-refractivity contribution < 1.29 is 98.0 Å². The summed E-state index contributed by atoms with van der Waals surface area (Å²) in [5.74, 6) is 0. The minimum absolute atomic E-state index is 0. The molecule has 17 heavy (non-hydrogen) atoms. The van der Waals surface area contributed by atoms with Crippen molar-refractivity contribution in [2.45, 2.75) is 0 Å². The van der Waals surface area contributed by atoms with Crippen molar-refractivity contribution in [1.29, 1.82) is 0 Å². The van der Waals surface area contributed by atoms with Crippen molar-refractivity contribution in [1.82, 2.24) is 0 Å². The van der Waals surface area contributed by atoms with Crippen LogP contribution in [0.25, 0.3) is 0 Å². The van der Waals surface area contributed by atoms with E-state index in [0.717, 1.165) is 0 Å². The predicted octanol–water partition coefficient (Wildman–Crippen LogP) is -8.48. The van der Waals surface area contributed by atoms with Crippen LogP contribution >= 0.6 is 23.5 Å². The largest absolute Gasteiger partial charge is 4.00 e. The third kappa shape index (κ3) is 1620. The van der Waals surface area contributed by atoms with E-state index >= 15 is 0 Å². The van der Waals surface area contributed by atoms with E-state index < -0.39 is 23.5 Å². The minimum Gasteiger partial charge on any atom is -0.822 e. The first kappa shape index (κ1) is 31.2. The Labute approximate surface area is 121 Å². The van der Waals surface area contributed by atoms with Gasteiger partial charge in [0.1, 0.15) is 0 Å². The van der Waals surface area contributed by atoms with Gasteiger partial charge in [0, 0.05) is 18.6 Å². The van der Waals surface area contributed by atoms with Crippen molar-refractivity contribution in [3.63, 3.8) is 0 Å². The molecular formula is O12P3TiV-5. The van der Waals surface area contributed by atoms with Gasteiger partial charge in [-0.1, -0.05) is 0 Å². The van der Waals surface area contributed by atoms with Crippen LogP contribution in [0.2, 0.25) is 0 Å². The average molecular weight is 384 g/mol. The summed E-state index contributed by atoms with van der Waals surface area (Å²) in [6, 6.07) is 0. The van der Waals surface area contributed by atoms with Gasteiger partial charge >= 0.3 is 21.7 Å². The molecule has 0 aliphatic heterocycles. The van der Waals surface area contributed by atoms with E-state index in [1.807, 2.05) is 0 Å². The van der Waals surface area contributed by atoms with Crippen molar-refractivity contribution >= 4 is 23.5 Å². The molecule has 0 aliphatic carbocycles. The van der Waals surface area contributed by atoms with Crippen molar-refractivity contribution in [3.8, 4) is 0 Å². The predicted molar refractivity (Wildman–Crippen MR) is 22.8 cm³/mol. The number of rotatable bonds is 0. The Balaban J connectivity index is -0.0000000400. The Hall–Kier alpha value is 1.63.